The second kappa shape index (κ2) is 18.1. The Labute approximate surface area is 75.1 Å². The minimum atomic E-state index is 0. The molecular formula is H2AgCuSeZn. The second-order valence-corrected chi connectivity index (χ2v) is 0. The molecule has 4 heteroatoms. The van der Waals surface area contributed by atoms with Crippen molar-refractivity contribution in [3.63, 3.8) is 0 Å². The summed E-state index contributed by atoms with van der Waals surface area (Å²) in [6, 6.07) is 0. The molecule has 0 unspecified atom stereocenters. The van der Waals surface area contributed by atoms with E-state index in [0.29, 0.717) is 0 Å². The van der Waals surface area contributed by atoms with Crippen LogP contribution in [0.5, 0.6) is 0 Å². The van der Waals surface area contributed by atoms with Gasteiger partial charge in [0.25, 0.3) is 0 Å². The van der Waals surface area contributed by atoms with Gasteiger partial charge in [-0.1, -0.05) is 0 Å². The molecule has 0 spiro atoms. The quantitative estimate of drug-likeness (QED) is 0.507. The smallest absolute Gasteiger partial charge is 0 e. The third-order valence-electron chi connectivity index (χ3n) is 0. The maximum absolute atomic E-state index is 0. The topological polar surface area (TPSA) is 0 Å². The molecule has 0 aliphatic rings. The Morgan fingerprint density at radius 1 is 1.00 bits per heavy atom. The van der Waals surface area contributed by atoms with E-state index in [2.05, 4.69) is 0 Å². The van der Waals surface area contributed by atoms with Crippen LogP contribution in [0.3, 0.4) is 0 Å². The minimum absolute atomic E-state index is 0. The van der Waals surface area contributed by atoms with E-state index in [4.69, 9.17) is 0 Å². The summed E-state index contributed by atoms with van der Waals surface area (Å²) in [5, 5.41) is 0. The van der Waals surface area contributed by atoms with E-state index < -0.39 is 0 Å². The molecule has 0 aliphatic carbocycles. The standard InChI is InChI=1S/Ag.Cu.H2Se.Zn/h;;1H2;. The summed E-state index contributed by atoms with van der Waals surface area (Å²) in [7, 11) is 0. The molecule has 0 saturated carbocycles. The summed E-state index contributed by atoms with van der Waals surface area (Å²) in [5.74, 6) is 0. The predicted octanol–water partition coefficient (Wildman–Crippen LogP) is -0.924. The average molecular weight is 318 g/mol. The first-order chi connectivity index (χ1) is 0. The zero-order valence-corrected chi connectivity index (χ0v) is 9.30. The fourth-order valence-electron chi connectivity index (χ4n) is 0. The van der Waals surface area contributed by atoms with Crippen LogP contribution in [0.4, 0.5) is 0 Å². The van der Waals surface area contributed by atoms with Gasteiger partial charge in [-0.15, -0.1) is 0 Å². The normalized spacial score (nSPS) is 0. The molecule has 0 fully saturated rings. The van der Waals surface area contributed by atoms with Crippen LogP contribution in [0.2, 0.25) is 0 Å². The van der Waals surface area contributed by atoms with E-state index >= 15 is 0 Å². The van der Waals surface area contributed by atoms with Gasteiger partial charge >= 0.3 is 17.1 Å². The third-order valence-corrected chi connectivity index (χ3v) is 0. The maximum Gasteiger partial charge on any atom is 0 e. The molecular weight excluding hydrogens is 316 g/mol. The summed E-state index contributed by atoms with van der Waals surface area (Å²) in [6.45, 7) is 0. The van der Waals surface area contributed by atoms with Crippen LogP contribution in [0.25, 0.3) is 0 Å². The Morgan fingerprint density at radius 2 is 1.00 bits per heavy atom. The van der Waals surface area contributed by atoms with Gasteiger partial charge in [-0.25, -0.2) is 0 Å². The van der Waals surface area contributed by atoms with Crippen molar-refractivity contribution in [1.82, 2.24) is 0 Å². The Morgan fingerprint density at radius 3 is 1.00 bits per heavy atom. The van der Waals surface area contributed by atoms with Crippen LogP contribution in [0, 0.1) is 0 Å². The molecule has 0 aromatic rings. The van der Waals surface area contributed by atoms with Crippen LogP contribution < -0.4 is 0 Å². The van der Waals surface area contributed by atoms with Crippen molar-refractivity contribution in [2.45, 2.75) is 0 Å². The molecule has 0 atom stereocenters. The first kappa shape index (κ1) is 32.4. The van der Waals surface area contributed by atoms with Crippen LogP contribution in [-0.4, -0.2) is 17.1 Å². The van der Waals surface area contributed by atoms with Crippen LogP contribution >= 0.6 is 0 Å². The molecule has 4 heavy (non-hydrogen) atoms. The summed E-state index contributed by atoms with van der Waals surface area (Å²) < 4.78 is 0. The zero-order valence-electron chi connectivity index (χ0n) is 1.81. The summed E-state index contributed by atoms with van der Waals surface area (Å²) in [4.78, 5) is 0. The molecule has 0 N–H and O–H groups in total. The minimum Gasteiger partial charge on any atom is 0 e. The van der Waals surface area contributed by atoms with Gasteiger partial charge in [0.15, 0.2) is 0 Å². The Balaban J connectivity index is 0. The largest absolute Gasteiger partial charge is 0 e. The van der Waals surface area contributed by atoms with Crippen LogP contribution in [-0.2, 0) is 58.9 Å². The van der Waals surface area contributed by atoms with Gasteiger partial charge in [0, 0.05) is 58.9 Å². The van der Waals surface area contributed by atoms with E-state index in [1.807, 2.05) is 0 Å². The van der Waals surface area contributed by atoms with Gasteiger partial charge in [-0.05, 0) is 0 Å². The Hall–Kier alpha value is 2.40. The van der Waals surface area contributed by atoms with Crippen LogP contribution in [0.1, 0.15) is 0 Å². The van der Waals surface area contributed by atoms with Crippen molar-refractivity contribution in [2.24, 2.45) is 0 Å². The number of hydrogen-bond acceptors (Lipinski definition) is 0. The molecule has 0 nitrogen and oxygen atoms in total. The van der Waals surface area contributed by atoms with Crippen LogP contribution in [0.15, 0.2) is 0 Å². The summed E-state index contributed by atoms with van der Waals surface area (Å²) >= 11 is 0. The van der Waals surface area contributed by atoms with Gasteiger partial charge in [0.05, 0.1) is 0 Å². The predicted molar refractivity (Wildman–Crippen MR) is 8.54 cm³/mol. The molecule has 0 rings (SSSR count). The molecule has 0 heterocycles. The molecule has 0 aromatic heterocycles. The molecule has 0 amide bonds. The van der Waals surface area contributed by atoms with Crippen molar-refractivity contribution in [3.05, 3.63) is 0 Å². The molecule has 0 saturated heterocycles. The van der Waals surface area contributed by atoms with E-state index in [9.17, 15) is 0 Å². The molecule has 0 bridgehead atoms. The van der Waals surface area contributed by atoms with Crippen molar-refractivity contribution >= 4 is 17.1 Å². The van der Waals surface area contributed by atoms with Crippen molar-refractivity contribution in [2.75, 3.05) is 0 Å². The second-order valence-electron chi connectivity index (χ2n) is 0. The molecule has 2 radical (unpaired) electrons. The maximum atomic E-state index is 0. The van der Waals surface area contributed by atoms with Gasteiger partial charge in [-0.2, -0.15) is 0 Å². The third kappa shape index (κ3) is 8.83. The first-order valence-electron chi connectivity index (χ1n) is 0. The monoisotopic (exact) mass is 316 g/mol. The zero-order chi connectivity index (χ0) is 0. The molecule has 0 aliphatic heterocycles. The Bertz CT molecular complexity index is 8.00. The van der Waals surface area contributed by atoms with Crippen molar-refractivity contribution in [3.8, 4) is 0 Å². The van der Waals surface area contributed by atoms with Crippen molar-refractivity contribution < 1.29 is 58.9 Å². The van der Waals surface area contributed by atoms with E-state index in [0.717, 1.165) is 0 Å². The first-order valence-corrected chi connectivity index (χ1v) is 0. The van der Waals surface area contributed by atoms with E-state index in [-0.39, 0.29) is 76.0 Å². The van der Waals surface area contributed by atoms with Gasteiger partial charge in [0.2, 0.25) is 0 Å². The van der Waals surface area contributed by atoms with Crippen molar-refractivity contribution in [1.29, 1.82) is 0 Å². The fraction of sp³-hybridized carbons (Fsp3) is 0. The summed E-state index contributed by atoms with van der Waals surface area (Å²) in [6.07, 6.45) is 0. The number of hydrogen-bond donors (Lipinski definition) is 0. The van der Waals surface area contributed by atoms with Gasteiger partial charge in [0.1, 0.15) is 0 Å². The Kier molecular flexibility index (Phi) is 147. The van der Waals surface area contributed by atoms with E-state index in [1.54, 1.807) is 0 Å². The average Bonchev–Trinajstić information content (AvgIpc) is 0. The van der Waals surface area contributed by atoms with Gasteiger partial charge < -0.3 is 0 Å². The van der Waals surface area contributed by atoms with E-state index in [1.165, 1.54) is 0 Å². The fourth-order valence-corrected chi connectivity index (χ4v) is 0. The number of rotatable bonds is 0. The summed E-state index contributed by atoms with van der Waals surface area (Å²) in [5.41, 5.74) is 0. The SMILES string of the molecule is [Ag].[Cu].[SeH2].[Zn]. The molecule has 32 valence electrons. The van der Waals surface area contributed by atoms with Gasteiger partial charge in [-0.3, -0.25) is 0 Å². The molecule has 0 aromatic carbocycles.